The molecule has 1 aliphatic carbocycles. The summed E-state index contributed by atoms with van der Waals surface area (Å²) in [5.41, 5.74) is 9.17. The Kier molecular flexibility index (Phi) is 5.36. The monoisotopic (exact) mass is 507 g/mol. The zero-order valence-corrected chi connectivity index (χ0v) is 22.3. The normalized spacial score (nSPS) is 17.7. The van der Waals surface area contributed by atoms with Gasteiger partial charge in [-0.3, -0.25) is 10.00 Å². The van der Waals surface area contributed by atoms with Gasteiger partial charge in [-0.15, -0.1) is 5.10 Å². The van der Waals surface area contributed by atoms with Crippen molar-refractivity contribution in [1.82, 2.24) is 39.8 Å². The highest BCUT2D eigenvalue weighted by Gasteiger charge is 2.29. The van der Waals surface area contributed by atoms with Crippen LogP contribution in [-0.2, 0) is 13.6 Å². The standard InChI is InChI=1S/C29H33N9/c1-5-38-14-17(3)26-24(15-38)31-28(33-26)20-9-8-19(12-16(20)2)27-34-29(37(4)36-27)32-23-11-10-22-21(13-30-35-22)25(23)18-6-7-18/h8-13,17-18H,5-7,14-15H2,1-4H3,(H,30,35)(H,31,33)(H,32,34,36). The number of likely N-dealkylation sites (N-methyl/N-ethyl adjacent to an activating group) is 1. The van der Waals surface area contributed by atoms with Crippen LogP contribution >= 0.6 is 0 Å². The van der Waals surface area contributed by atoms with E-state index in [1.54, 1.807) is 0 Å². The van der Waals surface area contributed by atoms with E-state index >= 15 is 0 Å². The molecular formula is C29H33N9. The zero-order valence-electron chi connectivity index (χ0n) is 22.3. The van der Waals surface area contributed by atoms with E-state index < -0.39 is 0 Å². The SMILES string of the molecule is CCN1Cc2[nH]c(-c3ccc(-c4nc(Nc5ccc6[nH]ncc6c5C5CC5)n(C)n4)cc3C)nc2C(C)C1. The first-order chi connectivity index (χ1) is 18.5. The number of aromatic amines is 2. The van der Waals surface area contributed by atoms with E-state index in [-0.39, 0.29) is 0 Å². The Bertz CT molecular complexity index is 1650. The average molecular weight is 508 g/mol. The number of H-pyrrole nitrogens is 2. The molecule has 1 saturated carbocycles. The lowest BCUT2D eigenvalue weighted by Crippen LogP contribution is -2.32. The topological polar surface area (TPSA) is 103 Å². The molecule has 5 aromatic rings. The summed E-state index contributed by atoms with van der Waals surface area (Å²) in [6.07, 6.45) is 4.35. The van der Waals surface area contributed by atoms with Crippen molar-refractivity contribution in [3.05, 3.63) is 59.0 Å². The third-order valence-electron chi connectivity index (χ3n) is 8.04. The molecule has 38 heavy (non-hydrogen) atoms. The molecule has 0 radical (unpaired) electrons. The first-order valence-electron chi connectivity index (χ1n) is 13.5. The van der Waals surface area contributed by atoms with Crippen LogP contribution in [0.2, 0.25) is 0 Å². The number of nitrogens with zero attached hydrogens (tertiary/aromatic N) is 6. The van der Waals surface area contributed by atoms with Gasteiger partial charge in [-0.25, -0.2) is 9.67 Å². The summed E-state index contributed by atoms with van der Waals surface area (Å²) in [6.45, 7) is 9.66. The molecule has 4 heterocycles. The molecule has 9 heteroatoms. The fourth-order valence-electron chi connectivity index (χ4n) is 5.85. The van der Waals surface area contributed by atoms with Gasteiger partial charge in [-0.1, -0.05) is 26.0 Å². The van der Waals surface area contributed by atoms with E-state index in [1.807, 2.05) is 17.9 Å². The summed E-state index contributed by atoms with van der Waals surface area (Å²) in [5, 5.41) is 16.8. The van der Waals surface area contributed by atoms with Crippen LogP contribution in [-0.4, -0.2) is 52.9 Å². The molecule has 1 fully saturated rings. The van der Waals surface area contributed by atoms with Crippen LogP contribution in [0.15, 0.2) is 36.5 Å². The predicted octanol–water partition coefficient (Wildman–Crippen LogP) is 5.62. The average Bonchev–Trinajstić information content (AvgIpc) is 3.29. The first-order valence-corrected chi connectivity index (χ1v) is 13.5. The maximum Gasteiger partial charge on any atom is 0.225 e. The molecule has 3 N–H and O–H groups in total. The minimum absolute atomic E-state index is 0.432. The number of imidazole rings is 1. The second kappa shape index (κ2) is 8.80. The molecule has 3 aromatic heterocycles. The summed E-state index contributed by atoms with van der Waals surface area (Å²) in [4.78, 5) is 16.0. The van der Waals surface area contributed by atoms with Crippen LogP contribution < -0.4 is 5.32 Å². The van der Waals surface area contributed by atoms with Crippen molar-refractivity contribution in [3.63, 3.8) is 0 Å². The van der Waals surface area contributed by atoms with E-state index in [2.05, 4.69) is 76.5 Å². The molecule has 0 saturated heterocycles. The number of aryl methyl sites for hydroxylation is 2. The Morgan fingerprint density at radius 1 is 1.13 bits per heavy atom. The number of hydrogen-bond acceptors (Lipinski definition) is 6. The molecule has 194 valence electrons. The Morgan fingerprint density at radius 2 is 2.00 bits per heavy atom. The zero-order chi connectivity index (χ0) is 26.0. The van der Waals surface area contributed by atoms with E-state index in [0.29, 0.717) is 17.7 Å². The molecule has 7 rings (SSSR count). The summed E-state index contributed by atoms with van der Waals surface area (Å²) in [6, 6.07) is 10.6. The number of benzene rings is 2. The van der Waals surface area contributed by atoms with Crippen molar-refractivity contribution in [2.45, 2.75) is 52.0 Å². The first kappa shape index (κ1) is 23.2. The van der Waals surface area contributed by atoms with Gasteiger partial charge >= 0.3 is 0 Å². The highest BCUT2D eigenvalue weighted by Crippen LogP contribution is 2.47. The maximum absolute atomic E-state index is 5.01. The number of nitrogens with one attached hydrogen (secondary N) is 3. The van der Waals surface area contributed by atoms with Crippen LogP contribution in [0.3, 0.4) is 0 Å². The third kappa shape index (κ3) is 3.89. The van der Waals surface area contributed by atoms with Gasteiger partial charge < -0.3 is 10.3 Å². The van der Waals surface area contributed by atoms with Crippen molar-refractivity contribution < 1.29 is 0 Å². The summed E-state index contributed by atoms with van der Waals surface area (Å²) in [7, 11) is 1.93. The quantitative estimate of drug-likeness (QED) is 0.276. The molecule has 0 bridgehead atoms. The van der Waals surface area contributed by atoms with Gasteiger partial charge in [0.15, 0.2) is 5.82 Å². The van der Waals surface area contributed by atoms with Crippen LogP contribution in [0.25, 0.3) is 33.7 Å². The van der Waals surface area contributed by atoms with Crippen molar-refractivity contribution in [2.24, 2.45) is 7.05 Å². The molecule has 0 spiro atoms. The van der Waals surface area contributed by atoms with E-state index in [0.717, 1.165) is 59.3 Å². The highest BCUT2D eigenvalue weighted by molar-refractivity contribution is 5.89. The fourth-order valence-corrected chi connectivity index (χ4v) is 5.85. The van der Waals surface area contributed by atoms with Gasteiger partial charge in [0.05, 0.1) is 23.1 Å². The molecule has 1 aliphatic heterocycles. The fraction of sp³-hybridized carbons (Fsp3) is 0.379. The highest BCUT2D eigenvalue weighted by atomic mass is 15.4. The van der Waals surface area contributed by atoms with Gasteiger partial charge in [0, 0.05) is 48.3 Å². The number of anilines is 2. The summed E-state index contributed by atoms with van der Waals surface area (Å²) < 4.78 is 1.82. The van der Waals surface area contributed by atoms with Crippen molar-refractivity contribution in [2.75, 3.05) is 18.4 Å². The molecular weight excluding hydrogens is 474 g/mol. The van der Waals surface area contributed by atoms with Gasteiger partial charge in [-0.05, 0) is 61.6 Å². The van der Waals surface area contributed by atoms with E-state index in [1.165, 1.54) is 35.2 Å². The lowest BCUT2D eigenvalue weighted by Gasteiger charge is -2.28. The Labute approximate surface area is 221 Å². The summed E-state index contributed by atoms with van der Waals surface area (Å²) >= 11 is 0. The molecule has 9 nitrogen and oxygen atoms in total. The lowest BCUT2D eigenvalue weighted by molar-refractivity contribution is 0.243. The number of rotatable bonds is 6. The van der Waals surface area contributed by atoms with Crippen LogP contribution in [0.1, 0.15) is 61.0 Å². The molecule has 1 atom stereocenters. The van der Waals surface area contributed by atoms with Gasteiger partial charge in [0.25, 0.3) is 0 Å². The Balaban J connectivity index is 1.17. The number of hydrogen-bond donors (Lipinski definition) is 3. The second-order valence-corrected chi connectivity index (χ2v) is 10.8. The van der Waals surface area contributed by atoms with Crippen molar-refractivity contribution >= 4 is 22.5 Å². The van der Waals surface area contributed by atoms with E-state index in [9.17, 15) is 0 Å². The summed E-state index contributed by atoms with van der Waals surface area (Å²) in [5.74, 6) is 3.37. The molecule has 1 unspecified atom stereocenters. The Hall–Kier alpha value is -3.98. The number of fused-ring (bicyclic) bond motifs is 2. The minimum Gasteiger partial charge on any atom is -0.341 e. The van der Waals surface area contributed by atoms with Crippen molar-refractivity contribution in [3.8, 4) is 22.8 Å². The minimum atomic E-state index is 0.432. The van der Waals surface area contributed by atoms with E-state index in [4.69, 9.17) is 15.1 Å². The van der Waals surface area contributed by atoms with Gasteiger partial charge in [0.2, 0.25) is 5.95 Å². The van der Waals surface area contributed by atoms with Crippen LogP contribution in [0.5, 0.6) is 0 Å². The smallest absolute Gasteiger partial charge is 0.225 e. The van der Waals surface area contributed by atoms with Crippen LogP contribution in [0.4, 0.5) is 11.6 Å². The Morgan fingerprint density at radius 3 is 2.79 bits per heavy atom. The number of aromatic nitrogens is 7. The lowest BCUT2D eigenvalue weighted by atomic mass is 10.0. The van der Waals surface area contributed by atoms with Crippen LogP contribution in [0, 0.1) is 6.92 Å². The molecule has 2 aromatic carbocycles. The molecule has 0 amide bonds. The van der Waals surface area contributed by atoms with Gasteiger partial charge in [0.1, 0.15) is 5.82 Å². The molecule has 2 aliphatic rings. The predicted molar refractivity (Wildman–Crippen MR) is 149 cm³/mol. The third-order valence-corrected chi connectivity index (χ3v) is 8.04. The van der Waals surface area contributed by atoms with Crippen molar-refractivity contribution in [1.29, 1.82) is 0 Å². The maximum atomic E-state index is 5.01. The second-order valence-electron chi connectivity index (χ2n) is 10.8. The largest absolute Gasteiger partial charge is 0.341 e. The van der Waals surface area contributed by atoms with Gasteiger partial charge in [-0.2, -0.15) is 10.1 Å².